The highest BCUT2D eigenvalue weighted by molar-refractivity contribution is 8.18. The summed E-state index contributed by atoms with van der Waals surface area (Å²) in [5.41, 5.74) is 4.60. The maximum absolute atomic E-state index is 13.3. The van der Waals surface area contributed by atoms with Crippen molar-refractivity contribution in [3.8, 4) is 5.75 Å². The van der Waals surface area contributed by atoms with Gasteiger partial charge in [-0.2, -0.15) is 0 Å². The van der Waals surface area contributed by atoms with Crippen molar-refractivity contribution in [3.63, 3.8) is 0 Å². The van der Waals surface area contributed by atoms with Gasteiger partial charge in [0, 0.05) is 28.4 Å². The Morgan fingerprint density at radius 1 is 1.02 bits per heavy atom. The Hall–Kier alpha value is -4.83. The summed E-state index contributed by atoms with van der Waals surface area (Å²) < 4.78 is 12.5. The number of esters is 1. The standard InChI is InChI=1S/C34H33N3O6S/c1-21(2)26-14-9-22(3)17-29(26)43-16-15-37-32(39)30(44-34(37)41)18-24-19-36(28-8-6-5-7-27(24)28)20-31(38)35-25-12-10-23(11-13-25)33(40)42-4/h5-14,17-19,21H,15-16,20H2,1-4H3,(H,35,38)/b30-18-. The van der Waals surface area contributed by atoms with E-state index in [1.54, 1.807) is 41.1 Å². The first-order valence-electron chi connectivity index (χ1n) is 14.2. The lowest BCUT2D eigenvalue weighted by atomic mass is 10.0. The van der Waals surface area contributed by atoms with Crippen LogP contribution in [0, 0.1) is 6.92 Å². The van der Waals surface area contributed by atoms with Gasteiger partial charge in [0.05, 0.1) is 24.1 Å². The maximum Gasteiger partial charge on any atom is 0.337 e. The summed E-state index contributed by atoms with van der Waals surface area (Å²) in [6.45, 7) is 6.52. The molecule has 0 atom stereocenters. The first kappa shape index (κ1) is 30.6. The minimum atomic E-state index is -0.456. The molecule has 1 fully saturated rings. The number of ether oxygens (including phenoxy) is 2. The number of hydrogen-bond acceptors (Lipinski definition) is 7. The number of nitrogens with one attached hydrogen (secondary N) is 1. The van der Waals surface area contributed by atoms with Crippen LogP contribution in [0.1, 0.15) is 46.8 Å². The average molecular weight is 612 g/mol. The first-order valence-corrected chi connectivity index (χ1v) is 15.0. The third-order valence-electron chi connectivity index (χ3n) is 7.25. The Morgan fingerprint density at radius 3 is 2.50 bits per heavy atom. The third kappa shape index (κ3) is 6.70. The molecule has 4 aromatic rings. The van der Waals surface area contributed by atoms with Crippen molar-refractivity contribution in [1.29, 1.82) is 0 Å². The molecule has 0 unspecified atom stereocenters. The third-order valence-corrected chi connectivity index (χ3v) is 8.15. The summed E-state index contributed by atoms with van der Waals surface area (Å²) in [6.07, 6.45) is 3.50. The lowest BCUT2D eigenvalue weighted by Gasteiger charge is -2.17. The molecule has 44 heavy (non-hydrogen) atoms. The molecule has 0 bridgehead atoms. The second-order valence-corrected chi connectivity index (χ2v) is 11.7. The van der Waals surface area contributed by atoms with Gasteiger partial charge in [-0.15, -0.1) is 0 Å². The SMILES string of the molecule is COC(=O)c1ccc(NC(=O)Cn2cc(/C=C3\SC(=O)N(CCOc4cc(C)ccc4C(C)C)C3=O)c3ccccc32)cc1. The van der Waals surface area contributed by atoms with Crippen molar-refractivity contribution in [3.05, 3.63) is 100 Å². The molecule has 0 radical (unpaired) electrons. The zero-order valence-corrected chi connectivity index (χ0v) is 25.8. The highest BCUT2D eigenvalue weighted by Gasteiger charge is 2.35. The van der Waals surface area contributed by atoms with Gasteiger partial charge in [-0.1, -0.05) is 44.2 Å². The van der Waals surface area contributed by atoms with E-state index in [1.165, 1.54) is 12.0 Å². The highest BCUT2D eigenvalue weighted by Crippen LogP contribution is 2.34. The van der Waals surface area contributed by atoms with Crippen LogP contribution in [0.5, 0.6) is 5.75 Å². The molecular weight excluding hydrogens is 578 g/mol. The van der Waals surface area contributed by atoms with E-state index in [-0.39, 0.29) is 42.7 Å². The Bertz CT molecular complexity index is 1770. The number of benzene rings is 3. The Kier molecular flexibility index (Phi) is 9.20. The van der Waals surface area contributed by atoms with Crippen molar-refractivity contribution < 1.29 is 28.7 Å². The van der Waals surface area contributed by atoms with Gasteiger partial charge in [0.1, 0.15) is 18.9 Å². The number of imide groups is 1. The molecule has 1 aromatic heterocycles. The van der Waals surface area contributed by atoms with Crippen LogP contribution in [-0.4, -0.2) is 52.8 Å². The van der Waals surface area contributed by atoms with Crippen molar-refractivity contribution in [1.82, 2.24) is 9.47 Å². The monoisotopic (exact) mass is 611 g/mol. The van der Waals surface area contributed by atoms with Gasteiger partial charge in [-0.05, 0) is 78.2 Å². The predicted octanol–water partition coefficient (Wildman–Crippen LogP) is 6.61. The van der Waals surface area contributed by atoms with Crippen molar-refractivity contribution >= 4 is 57.5 Å². The van der Waals surface area contributed by atoms with Crippen LogP contribution >= 0.6 is 11.8 Å². The second kappa shape index (κ2) is 13.2. The van der Waals surface area contributed by atoms with Gasteiger partial charge in [-0.3, -0.25) is 19.3 Å². The Balaban J connectivity index is 1.28. The fourth-order valence-corrected chi connectivity index (χ4v) is 5.86. The number of nitrogens with zero attached hydrogens (tertiary/aromatic N) is 2. The first-order chi connectivity index (χ1) is 21.1. The van der Waals surface area contributed by atoms with Crippen molar-refractivity contribution in [2.45, 2.75) is 33.2 Å². The fraction of sp³-hybridized carbons (Fsp3) is 0.235. The van der Waals surface area contributed by atoms with E-state index in [0.717, 1.165) is 45.1 Å². The molecule has 9 nitrogen and oxygen atoms in total. The summed E-state index contributed by atoms with van der Waals surface area (Å²) >= 11 is 0.893. The van der Waals surface area contributed by atoms with Crippen molar-refractivity contribution in [2.75, 3.05) is 25.6 Å². The molecule has 1 N–H and O–H groups in total. The lowest BCUT2D eigenvalue weighted by Crippen LogP contribution is -2.32. The van der Waals surface area contributed by atoms with Crippen LogP contribution in [0.15, 0.2) is 77.8 Å². The van der Waals surface area contributed by atoms with E-state index in [4.69, 9.17) is 9.47 Å². The van der Waals surface area contributed by atoms with E-state index in [0.29, 0.717) is 16.2 Å². The molecule has 0 spiro atoms. The van der Waals surface area contributed by atoms with Crippen LogP contribution in [0.4, 0.5) is 10.5 Å². The zero-order chi connectivity index (χ0) is 31.4. The van der Waals surface area contributed by atoms with Crippen LogP contribution < -0.4 is 10.1 Å². The van der Waals surface area contributed by atoms with Crippen LogP contribution in [0.25, 0.3) is 17.0 Å². The molecule has 0 saturated carbocycles. The summed E-state index contributed by atoms with van der Waals surface area (Å²) in [4.78, 5) is 52.2. The molecule has 5 rings (SSSR count). The van der Waals surface area contributed by atoms with Crippen LogP contribution in [0.2, 0.25) is 0 Å². The Labute approximate surface area is 259 Å². The minimum Gasteiger partial charge on any atom is -0.491 e. The smallest absolute Gasteiger partial charge is 0.337 e. The number of carbonyl (C=O) groups excluding carboxylic acids is 4. The molecule has 1 saturated heterocycles. The minimum absolute atomic E-state index is 0.0171. The molecule has 226 valence electrons. The maximum atomic E-state index is 13.3. The van der Waals surface area contributed by atoms with E-state index in [9.17, 15) is 19.2 Å². The summed E-state index contributed by atoms with van der Waals surface area (Å²) in [6, 6.07) is 20.0. The molecule has 2 heterocycles. The normalized spacial score (nSPS) is 14.1. The number of para-hydroxylation sites is 1. The molecule has 1 aliphatic rings. The van der Waals surface area contributed by atoms with Gasteiger partial charge in [-0.25, -0.2) is 4.79 Å². The number of anilines is 1. The van der Waals surface area contributed by atoms with Gasteiger partial charge in [0.25, 0.3) is 11.1 Å². The highest BCUT2D eigenvalue weighted by atomic mass is 32.2. The number of aryl methyl sites for hydroxylation is 1. The topological polar surface area (TPSA) is 107 Å². The summed E-state index contributed by atoms with van der Waals surface area (Å²) in [5.74, 6) is -0.0569. The van der Waals surface area contributed by atoms with Crippen molar-refractivity contribution in [2.24, 2.45) is 0 Å². The summed E-state index contributed by atoms with van der Waals surface area (Å²) in [7, 11) is 1.31. The second-order valence-electron chi connectivity index (χ2n) is 10.7. The number of methoxy groups -OCH3 is 1. The molecular formula is C34H33N3O6S. The van der Waals surface area contributed by atoms with Gasteiger partial charge in [0.2, 0.25) is 5.91 Å². The van der Waals surface area contributed by atoms with Gasteiger partial charge < -0.3 is 19.4 Å². The van der Waals surface area contributed by atoms with Gasteiger partial charge >= 0.3 is 5.97 Å². The molecule has 1 aliphatic heterocycles. The number of rotatable bonds is 10. The number of aromatic nitrogens is 1. The fourth-order valence-electron chi connectivity index (χ4n) is 5.01. The molecule has 0 aliphatic carbocycles. The number of amides is 3. The van der Waals surface area contributed by atoms with Crippen LogP contribution in [0.3, 0.4) is 0 Å². The number of fused-ring (bicyclic) bond motifs is 1. The van der Waals surface area contributed by atoms with E-state index < -0.39 is 5.97 Å². The van der Waals surface area contributed by atoms with E-state index in [2.05, 4.69) is 19.2 Å². The average Bonchev–Trinajstić information content (AvgIpc) is 3.48. The Morgan fingerprint density at radius 2 is 1.77 bits per heavy atom. The summed E-state index contributed by atoms with van der Waals surface area (Å²) in [5, 5.41) is 3.33. The molecule has 3 amide bonds. The number of hydrogen-bond donors (Lipinski definition) is 1. The molecule has 3 aromatic carbocycles. The number of thioether (sulfide) groups is 1. The van der Waals surface area contributed by atoms with Gasteiger partial charge in [0.15, 0.2) is 0 Å². The number of carbonyl (C=O) groups is 4. The lowest BCUT2D eigenvalue weighted by molar-refractivity contribution is -0.123. The largest absolute Gasteiger partial charge is 0.491 e. The van der Waals surface area contributed by atoms with Crippen LogP contribution in [-0.2, 0) is 20.9 Å². The quantitative estimate of drug-likeness (QED) is 0.159. The zero-order valence-electron chi connectivity index (χ0n) is 25.0. The predicted molar refractivity (Wildman–Crippen MR) is 172 cm³/mol. The van der Waals surface area contributed by atoms with E-state index >= 15 is 0 Å². The molecule has 10 heteroatoms. The van der Waals surface area contributed by atoms with E-state index in [1.807, 2.05) is 49.4 Å².